The Labute approximate surface area is 190 Å². The Kier molecular flexibility index (Phi) is 6.71. The van der Waals surface area contributed by atoms with Crippen LogP contribution in [0.2, 0.25) is 0 Å². The van der Waals surface area contributed by atoms with E-state index in [9.17, 15) is 9.18 Å². The molecule has 0 radical (unpaired) electrons. The summed E-state index contributed by atoms with van der Waals surface area (Å²) in [7, 11) is 0. The quantitative estimate of drug-likeness (QED) is 0.476. The molecule has 0 aliphatic heterocycles. The monoisotopic (exact) mass is 430 g/mol. The van der Waals surface area contributed by atoms with Crippen molar-refractivity contribution in [3.63, 3.8) is 0 Å². The van der Waals surface area contributed by atoms with Crippen molar-refractivity contribution in [3.05, 3.63) is 90.2 Å². The largest absolute Gasteiger partial charge is 0.326 e. The van der Waals surface area contributed by atoms with Gasteiger partial charge in [-0.1, -0.05) is 74.9 Å². The van der Waals surface area contributed by atoms with Gasteiger partial charge in [0.1, 0.15) is 5.82 Å². The molecule has 0 unspecified atom stereocenters. The number of hydrogen-bond donors (Lipinski definition) is 1. The van der Waals surface area contributed by atoms with Crippen molar-refractivity contribution in [2.24, 2.45) is 17.6 Å². The Bertz CT molecular complexity index is 1050. The zero-order valence-corrected chi connectivity index (χ0v) is 18.7. The van der Waals surface area contributed by atoms with Crippen molar-refractivity contribution >= 4 is 11.6 Å². The molecule has 1 amide bonds. The standard InChI is InChI=1S/C28H31FN2O/c1-3-19(2)27(30)18-31(24-14-12-21(13-15-24)20-8-5-4-6-9-20)28(32)26-17-25(26)22-10-7-11-23(29)16-22/h4-16,19,25-27H,3,17-18,30H2,1-2H3/t19-,25-,26+,27+/m0/s1. The van der Waals surface area contributed by atoms with Gasteiger partial charge in [-0.05, 0) is 59.2 Å². The first-order chi connectivity index (χ1) is 15.5. The number of nitrogens with zero attached hydrogens (tertiary/aromatic N) is 1. The minimum atomic E-state index is -0.257. The number of halogens is 1. The van der Waals surface area contributed by atoms with E-state index in [1.807, 2.05) is 41.3 Å². The number of benzene rings is 3. The molecule has 0 bridgehead atoms. The minimum absolute atomic E-state index is 0.0733. The zero-order valence-electron chi connectivity index (χ0n) is 18.7. The molecule has 2 N–H and O–H groups in total. The number of amides is 1. The van der Waals surface area contributed by atoms with E-state index in [4.69, 9.17) is 5.73 Å². The summed E-state index contributed by atoms with van der Waals surface area (Å²) < 4.78 is 13.7. The molecule has 0 aromatic heterocycles. The van der Waals surface area contributed by atoms with Gasteiger partial charge in [-0.2, -0.15) is 0 Å². The van der Waals surface area contributed by atoms with E-state index in [2.05, 4.69) is 38.1 Å². The van der Waals surface area contributed by atoms with E-state index < -0.39 is 0 Å². The molecule has 4 rings (SSSR count). The van der Waals surface area contributed by atoms with Crippen LogP contribution in [-0.4, -0.2) is 18.5 Å². The van der Waals surface area contributed by atoms with Crippen molar-refractivity contribution in [2.75, 3.05) is 11.4 Å². The van der Waals surface area contributed by atoms with Gasteiger partial charge in [0.25, 0.3) is 0 Å². The summed E-state index contributed by atoms with van der Waals surface area (Å²) in [5.74, 6) is 0.0733. The van der Waals surface area contributed by atoms with Crippen LogP contribution >= 0.6 is 0 Å². The van der Waals surface area contributed by atoms with Crippen LogP contribution in [-0.2, 0) is 4.79 Å². The first-order valence-electron chi connectivity index (χ1n) is 11.5. The summed E-state index contributed by atoms with van der Waals surface area (Å²) in [5, 5.41) is 0. The summed E-state index contributed by atoms with van der Waals surface area (Å²) in [5.41, 5.74) is 10.5. The van der Waals surface area contributed by atoms with Crippen LogP contribution in [0.3, 0.4) is 0 Å². The molecule has 0 saturated heterocycles. The normalized spacial score (nSPS) is 19.2. The Morgan fingerprint density at radius 2 is 1.72 bits per heavy atom. The van der Waals surface area contributed by atoms with Crippen molar-refractivity contribution in [1.29, 1.82) is 0 Å². The topological polar surface area (TPSA) is 46.3 Å². The van der Waals surface area contributed by atoms with Gasteiger partial charge in [0.05, 0.1) is 0 Å². The maximum Gasteiger partial charge on any atom is 0.230 e. The van der Waals surface area contributed by atoms with E-state index >= 15 is 0 Å². The predicted octanol–water partition coefficient (Wildman–Crippen LogP) is 6.00. The average Bonchev–Trinajstić information content (AvgIpc) is 3.63. The van der Waals surface area contributed by atoms with Gasteiger partial charge in [0.2, 0.25) is 5.91 Å². The van der Waals surface area contributed by atoms with Gasteiger partial charge < -0.3 is 10.6 Å². The molecule has 3 aromatic rings. The number of hydrogen-bond acceptors (Lipinski definition) is 2. The maximum atomic E-state index is 13.7. The van der Waals surface area contributed by atoms with Crippen LogP contribution in [0.5, 0.6) is 0 Å². The highest BCUT2D eigenvalue weighted by molar-refractivity contribution is 5.97. The third kappa shape index (κ3) is 4.91. The van der Waals surface area contributed by atoms with Gasteiger partial charge in [-0.25, -0.2) is 4.39 Å². The third-order valence-corrected chi connectivity index (χ3v) is 6.70. The Morgan fingerprint density at radius 3 is 2.38 bits per heavy atom. The van der Waals surface area contributed by atoms with E-state index in [1.54, 1.807) is 12.1 Å². The minimum Gasteiger partial charge on any atom is -0.326 e. The molecule has 1 saturated carbocycles. The Balaban J connectivity index is 1.57. The second-order valence-electron chi connectivity index (χ2n) is 8.91. The van der Waals surface area contributed by atoms with E-state index in [0.717, 1.165) is 35.2 Å². The molecule has 0 spiro atoms. The first-order valence-corrected chi connectivity index (χ1v) is 11.5. The van der Waals surface area contributed by atoms with Crippen LogP contribution in [0.25, 0.3) is 11.1 Å². The molecule has 3 nitrogen and oxygen atoms in total. The van der Waals surface area contributed by atoms with Crippen LogP contribution in [0.15, 0.2) is 78.9 Å². The molecule has 0 heterocycles. The zero-order chi connectivity index (χ0) is 22.7. The SMILES string of the molecule is CC[C@H](C)[C@H](N)CN(C(=O)[C@@H]1C[C@H]1c1cccc(F)c1)c1ccc(-c2ccccc2)cc1. The Morgan fingerprint density at radius 1 is 1.03 bits per heavy atom. The summed E-state index contributed by atoms with van der Waals surface area (Å²) in [4.78, 5) is 15.4. The van der Waals surface area contributed by atoms with E-state index in [0.29, 0.717) is 12.5 Å². The molecular weight excluding hydrogens is 399 g/mol. The molecule has 4 atom stereocenters. The van der Waals surface area contributed by atoms with Crippen LogP contribution in [0.4, 0.5) is 10.1 Å². The maximum absolute atomic E-state index is 13.7. The first kappa shape index (κ1) is 22.2. The van der Waals surface area contributed by atoms with Crippen LogP contribution in [0.1, 0.15) is 38.2 Å². The lowest BCUT2D eigenvalue weighted by Crippen LogP contribution is -2.45. The fraction of sp³-hybridized carbons (Fsp3) is 0.321. The lowest BCUT2D eigenvalue weighted by Gasteiger charge is -2.29. The number of nitrogens with two attached hydrogens (primary N) is 1. The third-order valence-electron chi connectivity index (χ3n) is 6.70. The van der Waals surface area contributed by atoms with E-state index in [1.165, 1.54) is 6.07 Å². The van der Waals surface area contributed by atoms with Gasteiger partial charge in [-0.15, -0.1) is 0 Å². The lowest BCUT2D eigenvalue weighted by molar-refractivity contribution is -0.120. The summed E-state index contributed by atoms with van der Waals surface area (Å²) in [6.07, 6.45) is 1.71. The van der Waals surface area contributed by atoms with Gasteiger partial charge >= 0.3 is 0 Å². The van der Waals surface area contributed by atoms with Crippen molar-refractivity contribution in [2.45, 2.75) is 38.6 Å². The smallest absolute Gasteiger partial charge is 0.230 e. The summed E-state index contributed by atoms with van der Waals surface area (Å²) in [6.45, 7) is 4.72. The molecule has 1 fully saturated rings. The highest BCUT2D eigenvalue weighted by Gasteiger charge is 2.46. The van der Waals surface area contributed by atoms with Crippen molar-refractivity contribution in [1.82, 2.24) is 0 Å². The number of anilines is 1. The number of carbonyl (C=O) groups is 1. The van der Waals surface area contributed by atoms with Crippen molar-refractivity contribution < 1.29 is 9.18 Å². The highest BCUT2D eigenvalue weighted by Crippen LogP contribution is 2.49. The fourth-order valence-electron chi connectivity index (χ4n) is 4.25. The molecular formula is C28H31FN2O. The molecule has 166 valence electrons. The average molecular weight is 431 g/mol. The summed E-state index contributed by atoms with van der Waals surface area (Å²) in [6, 6.07) is 24.8. The molecule has 4 heteroatoms. The Hall–Kier alpha value is -2.98. The van der Waals surface area contributed by atoms with Gasteiger partial charge in [0.15, 0.2) is 0 Å². The summed E-state index contributed by atoms with van der Waals surface area (Å²) >= 11 is 0. The number of rotatable bonds is 8. The van der Waals surface area contributed by atoms with Crippen molar-refractivity contribution in [3.8, 4) is 11.1 Å². The van der Waals surface area contributed by atoms with Crippen LogP contribution < -0.4 is 10.6 Å². The second-order valence-corrected chi connectivity index (χ2v) is 8.91. The van der Waals surface area contributed by atoms with E-state index in [-0.39, 0.29) is 29.6 Å². The lowest BCUT2D eigenvalue weighted by atomic mass is 9.98. The van der Waals surface area contributed by atoms with Gasteiger partial charge in [0, 0.05) is 24.2 Å². The highest BCUT2D eigenvalue weighted by atomic mass is 19.1. The number of carbonyl (C=O) groups excluding carboxylic acids is 1. The van der Waals surface area contributed by atoms with Crippen LogP contribution in [0, 0.1) is 17.7 Å². The second kappa shape index (κ2) is 9.66. The molecule has 3 aromatic carbocycles. The van der Waals surface area contributed by atoms with Gasteiger partial charge in [-0.3, -0.25) is 4.79 Å². The molecule has 1 aliphatic rings. The molecule has 1 aliphatic carbocycles. The molecule has 32 heavy (non-hydrogen) atoms. The predicted molar refractivity (Wildman–Crippen MR) is 129 cm³/mol. The fourth-order valence-corrected chi connectivity index (χ4v) is 4.25.